The molecule has 0 fully saturated rings. The van der Waals surface area contributed by atoms with Crippen LogP contribution < -0.4 is 10.1 Å². The first-order valence-corrected chi connectivity index (χ1v) is 7.07. The minimum absolute atomic E-state index is 0.283. The summed E-state index contributed by atoms with van der Waals surface area (Å²) in [6.07, 6.45) is 0. The second kappa shape index (κ2) is 6.58. The molecule has 0 bridgehead atoms. The van der Waals surface area contributed by atoms with Crippen molar-refractivity contribution >= 4 is 0 Å². The van der Waals surface area contributed by atoms with Gasteiger partial charge in [-0.25, -0.2) is 0 Å². The smallest absolute Gasteiger partial charge is 0.124 e. The molecule has 2 heteroatoms. The van der Waals surface area contributed by atoms with Crippen molar-refractivity contribution in [3.8, 4) is 5.75 Å². The fourth-order valence-electron chi connectivity index (χ4n) is 2.18. The largest absolute Gasteiger partial charge is 0.489 e. The van der Waals surface area contributed by atoms with Gasteiger partial charge >= 0.3 is 0 Å². The third-order valence-electron chi connectivity index (χ3n) is 3.78. The average Bonchev–Trinajstić information content (AvgIpc) is 2.48. The highest BCUT2D eigenvalue weighted by atomic mass is 16.5. The number of para-hydroxylation sites is 1. The Bertz CT molecular complexity index is 577. The van der Waals surface area contributed by atoms with E-state index in [1.165, 1.54) is 22.3 Å². The molecule has 0 aliphatic heterocycles. The second-order valence-electron chi connectivity index (χ2n) is 5.26. The normalized spacial score (nSPS) is 12.2. The molecule has 0 saturated carbocycles. The monoisotopic (exact) mass is 269 g/mol. The van der Waals surface area contributed by atoms with Gasteiger partial charge < -0.3 is 10.1 Å². The molecular weight excluding hydrogens is 246 g/mol. The Morgan fingerprint density at radius 3 is 2.50 bits per heavy atom. The van der Waals surface area contributed by atoms with Gasteiger partial charge in [-0.05, 0) is 50.6 Å². The zero-order valence-electron chi connectivity index (χ0n) is 12.7. The quantitative estimate of drug-likeness (QED) is 0.880. The molecular formula is C18H23NO. The van der Waals surface area contributed by atoms with Crippen molar-refractivity contribution in [2.45, 2.75) is 33.4 Å². The number of hydrogen-bond acceptors (Lipinski definition) is 2. The molecule has 2 aromatic carbocycles. The van der Waals surface area contributed by atoms with E-state index in [1.807, 2.05) is 25.2 Å². The SMILES string of the molecule is CNC(C)c1ccccc1OCc1ccc(C)c(C)c1. The van der Waals surface area contributed by atoms with E-state index in [0.717, 1.165) is 5.75 Å². The number of rotatable bonds is 5. The van der Waals surface area contributed by atoms with Crippen molar-refractivity contribution in [3.63, 3.8) is 0 Å². The van der Waals surface area contributed by atoms with Crippen LogP contribution in [0.1, 0.15) is 35.2 Å². The van der Waals surface area contributed by atoms with E-state index in [1.54, 1.807) is 0 Å². The number of benzene rings is 2. The van der Waals surface area contributed by atoms with Gasteiger partial charge in [-0.1, -0.05) is 36.4 Å². The standard InChI is InChI=1S/C18H23NO/c1-13-9-10-16(11-14(13)2)12-20-18-8-6-5-7-17(18)15(3)19-4/h5-11,15,19H,12H2,1-4H3. The molecule has 0 heterocycles. The summed E-state index contributed by atoms with van der Waals surface area (Å²) >= 11 is 0. The van der Waals surface area contributed by atoms with Gasteiger partial charge in [0.25, 0.3) is 0 Å². The Morgan fingerprint density at radius 1 is 1.05 bits per heavy atom. The molecule has 1 unspecified atom stereocenters. The summed E-state index contributed by atoms with van der Waals surface area (Å²) in [6, 6.07) is 15.0. The molecule has 1 atom stereocenters. The van der Waals surface area contributed by atoms with E-state index in [-0.39, 0.29) is 6.04 Å². The third kappa shape index (κ3) is 3.40. The maximum Gasteiger partial charge on any atom is 0.124 e. The maximum atomic E-state index is 6.00. The van der Waals surface area contributed by atoms with Crippen LogP contribution in [-0.4, -0.2) is 7.05 Å². The number of nitrogens with one attached hydrogen (secondary N) is 1. The van der Waals surface area contributed by atoms with Crippen LogP contribution >= 0.6 is 0 Å². The van der Waals surface area contributed by atoms with Crippen LogP contribution in [0.2, 0.25) is 0 Å². The summed E-state index contributed by atoms with van der Waals surface area (Å²) in [6.45, 7) is 7.01. The van der Waals surface area contributed by atoms with Crippen molar-refractivity contribution in [2.75, 3.05) is 7.05 Å². The first-order valence-electron chi connectivity index (χ1n) is 7.07. The van der Waals surface area contributed by atoms with Gasteiger partial charge in [-0.3, -0.25) is 0 Å². The van der Waals surface area contributed by atoms with Gasteiger partial charge in [0, 0.05) is 11.6 Å². The molecule has 106 valence electrons. The van der Waals surface area contributed by atoms with Crippen molar-refractivity contribution < 1.29 is 4.74 Å². The van der Waals surface area contributed by atoms with E-state index >= 15 is 0 Å². The van der Waals surface area contributed by atoms with Crippen LogP contribution in [0.4, 0.5) is 0 Å². The van der Waals surface area contributed by atoms with Crippen LogP contribution in [-0.2, 0) is 6.61 Å². The fourth-order valence-corrected chi connectivity index (χ4v) is 2.18. The molecule has 0 aromatic heterocycles. The first-order chi connectivity index (χ1) is 9.61. The summed E-state index contributed by atoms with van der Waals surface area (Å²) in [5, 5.41) is 3.26. The lowest BCUT2D eigenvalue weighted by Crippen LogP contribution is -2.13. The number of ether oxygens (including phenoxy) is 1. The molecule has 0 aliphatic carbocycles. The van der Waals surface area contributed by atoms with Crippen LogP contribution in [0.3, 0.4) is 0 Å². The van der Waals surface area contributed by atoms with Crippen LogP contribution in [0.5, 0.6) is 5.75 Å². The lowest BCUT2D eigenvalue weighted by Gasteiger charge is -2.16. The Balaban J connectivity index is 2.12. The highest BCUT2D eigenvalue weighted by molar-refractivity contribution is 5.36. The summed E-state index contributed by atoms with van der Waals surface area (Å²) in [7, 11) is 1.96. The zero-order valence-corrected chi connectivity index (χ0v) is 12.7. The minimum atomic E-state index is 0.283. The maximum absolute atomic E-state index is 6.00. The van der Waals surface area contributed by atoms with E-state index in [0.29, 0.717) is 6.61 Å². The van der Waals surface area contributed by atoms with Crippen molar-refractivity contribution in [2.24, 2.45) is 0 Å². The highest BCUT2D eigenvalue weighted by Crippen LogP contribution is 2.25. The van der Waals surface area contributed by atoms with Crippen LogP contribution in [0, 0.1) is 13.8 Å². The van der Waals surface area contributed by atoms with Crippen LogP contribution in [0.25, 0.3) is 0 Å². The Morgan fingerprint density at radius 2 is 1.80 bits per heavy atom. The summed E-state index contributed by atoms with van der Waals surface area (Å²) in [4.78, 5) is 0. The third-order valence-corrected chi connectivity index (χ3v) is 3.78. The summed E-state index contributed by atoms with van der Waals surface area (Å²) < 4.78 is 6.00. The summed E-state index contributed by atoms with van der Waals surface area (Å²) in [5.74, 6) is 0.951. The van der Waals surface area contributed by atoms with Gasteiger partial charge in [0.2, 0.25) is 0 Å². The van der Waals surface area contributed by atoms with E-state index in [2.05, 4.69) is 50.4 Å². The lowest BCUT2D eigenvalue weighted by atomic mass is 10.1. The topological polar surface area (TPSA) is 21.3 Å². The predicted molar refractivity (Wildman–Crippen MR) is 84.2 cm³/mol. The van der Waals surface area contributed by atoms with E-state index < -0.39 is 0 Å². The molecule has 2 nitrogen and oxygen atoms in total. The first kappa shape index (κ1) is 14.6. The molecule has 1 N–H and O–H groups in total. The molecule has 0 radical (unpaired) electrons. The summed E-state index contributed by atoms with van der Waals surface area (Å²) in [5.41, 5.74) is 5.03. The van der Waals surface area contributed by atoms with Gasteiger partial charge in [-0.15, -0.1) is 0 Å². The lowest BCUT2D eigenvalue weighted by molar-refractivity contribution is 0.300. The van der Waals surface area contributed by atoms with Crippen molar-refractivity contribution in [3.05, 3.63) is 64.7 Å². The molecule has 0 spiro atoms. The molecule has 20 heavy (non-hydrogen) atoms. The fraction of sp³-hybridized carbons (Fsp3) is 0.333. The number of aryl methyl sites for hydroxylation is 2. The Labute approximate surface area is 121 Å². The van der Waals surface area contributed by atoms with Gasteiger partial charge in [0.15, 0.2) is 0 Å². The Kier molecular flexibility index (Phi) is 4.80. The van der Waals surface area contributed by atoms with Crippen LogP contribution in [0.15, 0.2) is 42.5 Å². The van der Waals surface area contributed by atoms with Gasteiger partial charge in [0.1, 0.15) is 12.4 Å². The molecule has 0 aliphatic rings. The second-order valence-corrected chi connectivity index (χ2v) is 5.26. The minimum Gasteiger partial charge on any atom is -0.489 e. The molecule has 0 saturated heterocycles. The predicted octanol–water partition coefficient (Wildman–Crippen LogP) is 4.16. The number of hydrogen-bond donors (Lipinski definition) is 1. The zero-order chi connectivity index (χ0) is 14.5. The van der Waals surface area contributed by atoms with E-state index in [4.69, 9.17) is 4.74 Å². The van der Waals surface area contributed by atoms with Gasteiger partial charge in [0.05, 0.1) is 0 Å². The molecule has 2 rings (SSSR count). The van der Waals surface area contributed by atoms with Crippen molar-refractivity contribution in [1.29, 1.82) is 0 Å². The Hall–Kier alpha value is -1.80. The highest BCUT2D eigenvalue weighted by Gasteiger charge is 2.09. The average molecular weight is 269 g/mol. The van der Waals surface area contributed by atoms with E-state index in [9.17, 15) is 0 Å². The van der Waals surface area contributed by atoms with Gasteiger partial charge in [-0.2, -0.15) is 0 Å². The molecule has 2 aromatic rings. The van der Waals surface area contributed by atoms with Crippen molar-refractivity contribution in [1.82, 2.24) is 5.32 Å². The molecule has 0 amide bonds.